The number of aryl methyl sites for hydroxylation is 1. The average Bonchev–Trinajstić information content (AvgIpc) is 2.30. The summed E-state index contributed by atoms with van der Waals surface area (Å²) in [5.41, 5.74) is 0.0689. The van der Waals surface area contributed by atoms with E-state index in [0.29, 0.717) is 10.8 Å². The van der Waals surface area contributed by atoms with Gasteiger partial charge in [0.05, 0.1) is 10.6 Å². The number of rotatable bonds is 5. The van der Waals surface area contributed by atoms with E-state index >= 15 is 0 Å². The van der Waals surface area contributed by atoms with Crippen LogP contribution in [0.1, 0.15) is 26.3 Å². The van der Waals surface area contributed by atoms with E-state index in [1.165, 1.54) is 4.90 Å². The number of amides is 1. The fourth-order valence-electron chi connectivity index (χ4n) is 1.91. The Labute approximate surface area is 125 Å². The quantitative estimate of drug-likeness (QED) is 0.909. The molecule has 1 aromatic rings. The van der Waals surface area contributed by atoms with E-state index in [2.05, 4.69) is 0 Å². The fraction of sp³-hybridized carbons (Fsp3) is 0.533. The Morgan fingerprint density at radius 1 is 1.50 bits per heavy atom. The van der Waals surface area contributed by atoms with Crippen LogP contribution in [0.3, 0.4) is 0 Å². The molecular formula is C15H22ClNO3. The molecular weight excluding hydrogens is 278 g/mol. The van der Waals surface area contributed by atoms with E-state index in [1.807, 2.05) is 13.0 Å². The van der Waals surface area contributed by atoms with Crippen LogP contribution in [0.5, 0.6) is 5.75 Å². The van der Waals surface area contributed by atoms with Crippen LogP contribution < -0.4 is 4.74 Å². The Kier molecular flexibility index (Phi) is 5.42. The zero-order chi connectivity index (χ0) is 15.5. The zero-order valence-corrected chi connectivity index (χ0v) is 13.4. The first kappa shape index (κ1) is 16.8. The summed E-state index contributed by atoms with van der Waals surface area (Å²) in [7, 11) is 1.64. The number of benzene rings is 1. The van der Waals surface area contributed by atoms with Gasteiger partial charge in [-0.05, 0) is 45.4 Å². The van der Waals surface area contributed by atoms with Crippen molar-refractivity contribution in [1.29, 1.82) is 0 Å². The van der Waals surface area contributed by atoms with Crippen molar-refractivity contribution < 1.29 is 14.6 Å². The van der Waals surface area contributed by atoms with Gasteiger partial charge in [-0.3, -0.25) is 4.79 Å². The van der Waals surface area contributed by atoms with E-state index in [1.54, 1.807) is 40.0 Å². The van der Waals surface area contributed by atoms with E-state index in [0.717, 1.165) is 5.56 Å². The van der Waals surface area contributed by atoms with Gasteiger partial charge >= 0.3 is 0 Å². The van der Waals surface area contributed by atoms with Crippen molar-refractivity contribution in [3.05, 3.63) is 28.8 Å². The summed E-state index contributed by atoms with van der Waals surface area (Å²) < 4.78 is 5.62. The molecule has 1 N–H and O–H groups in total. The van der Waals surface area contributed by atoms with Gasteiger partial charge in [-0.15, -0.1) is 0 Å². The molecule has 1 amide bonds. The van der Waals surface area contributed by atoms with Crippen LogP contribution in [0.15, 0.2) is 18.2 Å². The van der Waals surface area contributed by atoms with Crippen molar-refractivity contribution in [2.75, 3.05) is 13.6 Å². The number of carbonyl (C=O) groups excluding carboxylic acids is 1. The molecule has 0 heterocycles. The SMILES string of the molecule is Cc1ccc(Cl)c(OC(C)C(=O)N(C)CC(C)(C)O)c1. The Balaban J connectivity index is 2.73. The molecule has 0 aliphatic rings. The third-order valence-corrected chi connectivity index (χ3v) is 3.05. The van der Waals surface area contributed by atoms with Gasteiger partial charge in [0, 0.05) is 13.6 Å². The second-order valence-corrected chi connectivity index (χ2v) is 6.11. The molecule has 0 saturated heterocycles. The van der Waals surface area contributed by atoms with E-state index in [9.17, 15) is 9.90 Å². The summed E-state index contributed by atoms with van der Waals surface area (Å²) in [5, 5.41) is 10.2. The molecule has 0 bridgehead atoms. The van der Waals surface area contributed by atoms with Crippen LogP contribution in [0.2, 0.25) is 5.02 Å². The number of hydrogen-bond donors (Lipinski definition) is 1. The summed E-state index contributed by atoms with van der Waals surface area (Å²) in [5.74, 6) is 0.286. The van der Waals surface area contributed by atoms with Crippen LogP contribution in [-0.2, 0) is 4.79 Å². The third kappa shape index (κ3) is 5.02. The second-order valence-electron chi connectivity index (χ2n) is 5.70. The lowest BCUT2D eigenvalue weighted by molar-refractivity contribution is -0.139. The van der Waals surface area contributed by atoms with Crippen LogP contribution in [0, 0.1) is 6.92 Å². The minimum absolute atomic E-state index is 0.204. The molecule has 0 spiro atoms. The maximum absolute atomic E-state index is 12.2. The molecule has 0 radical (unpaired) electrons. The normalized spacial score (nSPS) is 12.9. The van der Waals surface area contributed by atoms with Crippen LogP contribution in [0.25, 0.3) is 0 Å². The molecule has 1 rings (SSSR count). The molecule has 20 heavy (non-hydrogen) atoms. The van der Waals surface area contributed by atoms with Crippen LogP contribution in [0.4, 0.5) is 0 Å². The highest BCUT2D eigenvalue weighted by Crippen LogP contribution is 2.26. The number of likely N-dealkylation sites (N-methyl/N-ethyl adjacent to an activating group) is 1. The van der Waals surface area contributed by atoms with Crippen LogP contribution >= 0.6 is 11.6 Å². The summed E-state index contributed by atoms with van der Waals surface area (Å²) in [6, 6.07) is 5.41. The number of halogens is 1. The first-order valence-electron chi connectivity index (χ1n) is 6.50. The maximum atomic E-state index is 12.2. The first-order valence-corrected chi connectivity index (χ1v) is 6.88. The van der Waals surface area contributed by atoms with Gasteiger partial charge in [0.15, 0.2) is 6.10 Å². The third-order valence-electron chi connectivity index (χ3n) is 2.74. The Hall–Kier alpha value is -1.26. The summed E-state index contributed by atoms with van der Waals surface area (Å²) in [6.07, 6.45) is -0.665. The highest BCUT2D eigenvalue weighted by Gasteiger charge is 2.24. The fourth-order valence-corrected chi connectivity index (χ4v) is 2.07. The molecule has 112 valence electrons. The van der Waals surface area contributed by atoms with Gasteiger partial charge in [0.25, 0.3) is 5.91 Å². The van der Waals surface area contributed by atoms with Crippen molar-refractivity contribution in [3.8, 4) is 5.75 Å². The summed E-state index contributed by atoms with van der Waals surface area (Å²) >= 11 is 6.04. The molecule has 1 unspecified atom stereocenters. The number of ether oxygens (including phenoxy) is 1. The summed E-state index contributed by atoms with van der Waals surface area (Å²) in [4.78, 5) is 13.6. The predicted molar refractivity (Wildman–Crippen MR) is 80.2 cm³/mol. The Bertz CT molecular complexity index is 482. The van der Waals surface area contributed by atoms with E-state index in [-0.39, 0.29) is 12.5 Å². The van der Waals surface area contributed by atoms with Gasteiger partial charge < -0.3 is 14.7 Å². The van der Waals surface area contributed by atoms with Gasteiger partial charge in [-0.1, -0.05) is 17.7 Å². The van der Waals surface area contributed by atoms with Gasteiger partial charge in [0.1, 0.15) is 5.75 Å². The molecule has 5 heteroatoms. The van der Waals surface area contributed by atoms with Crippen molar-refractivity contribution >= 4 is 17.5 Å². The van der Waals surface area contributed by atoms with Gasteiger partial charge in [-0.25, -0.2) is 0 Å². The highest BCUT2D eigenvalue weighted by atomic mass is 35.5. The standard InChI is InChI=1S/C15H22ClNO3/c1-10-6-7-12(16)13(8-10)20-11(2)14(18)17(5)9-15(3,4)19/h6-8,11,19H,9H2,1-5H3. The number of aliphatic hydroxyl groups is 1. The highest BCUT2D eigenvalue weighted by molar-refractivity contribution is 6.32. The molecule has 0 aliphatic heterocycles. The largest absolute Gasteiger partial charge is 0.479 e. The Morgan fingerprint density at radius 2 is 2.10 bits per heavy atom. The predicted octanol–water partition coefficient (Wildman–Crippen LogP) is 2.65. The van der Waals surface area contributed by atoms with E-state index in [4.69, 9.17) is 16.3 Å². The average molecular weight is 300 g/mol. The van der Waals surface area contributed by atoms with Gasteiger partial charge in [-0.2, -0.15) is 0 Å². The molecule has 1 aromatic carbocycles. The van der Waals surface area contributed by atoms with Crippen molar-refractivity contribution in [1.82, 2.24) is 4.90 Å². The lowest BCUT2D eigenvalue weighted by Gasteiger charge is -2.28. The number of carbonyl (C=O) groups is 1. The number of nitrogens with zero attached hydrogens (tertiary/aromatic N) is 1. The maximum Gasteiger partial charge on any atom is 0.263 e. The van der Waals surface area contributed by atoms with E-state index < -0.39 is 11.7 Å². The molecule has 0 saturated carbocycles. The topological polar surface area (TPSA) is 49.8 Å². The second kappa shape index (κ2) is 6.46. The first-order chi connectivity index (χ1) is 9.10. The minimum atomic E-state index is -0.939. The van der Waals surface area contributed by atoms with Crippen molar-refractivity contribution in [2.24, 2.45) is 0 Å². The molecule has 0 aliphatic carbocycles. The lowest BCUT2D eigenvalue weighted by atomic mass is 10.1. The molecule has 0 fully saturated rings. The molecule has 0 aromatic heterocycles. The van der Waals surface area contributed by atoms with Crippen molar-refractivity contribution in [2.45, 2.75) is 39.4 Å². The monoisotopic (exact) mass is 299 g/mol. The molecule has 4 nitrogen and oxygen atoms in total. The Morgan fingerprint density at radius 3 is 2.65 bits per heavy atom. The number of hydrogen-bond acceptors (Lipinski definition) is 3. The van der Waals surface area contributed by atoms with Crippen molar-refractivity contribution in [3.63, 3.8) is 0 Å². The minimum Gasteiger partial charge on any atom is -0.479 e. The lowest BCUT2D eigenvalue weighted by Crippen LogP contribution is -2.44. The molecule has 1 atom stereocenters. The summed E-state index contributed by atoms with van der Waals surface area (Å²) in [6.45, 7) is 7.14. The van der Waals surface area contributed by atoms with Crippen LogP contribution in [-0.4, -0.2) is 41.2 Å². The zero-order valence-electron chi connectivity index (χ0n) is 12.6. The van der Waals surface area contributed by atoms with Gasteiger partial charge in [0.2, 0.25) is 0 Å². The smallest absolute Gasteiger partial charge is 0.263 e.